The van der Waals surface area contributed by atoms with Gasteiger partial charge < -0.3 is 5.21 Å². The molecule has 2 aromatic rings. The van der Waals surface area contributed by atoms with Gasteiger partial charge in [0.25, 0.3) is 0 Å². The number of hydrogen-bond donors (Lipinski definition) is 1. The maximum absolute atomic E-state index is 11.6. The average molecular weight is 293 g/mol. The Balaban J connectivity index is 2.12. The smallest absolute Gasteiger partial charge is 0.159 e. The van der Waals surface area contributed by atoms with Crippen molar-refractivity contribution in [2.75, 3.05) is 0 Å². The fourth-order valence-corrected chi connectivity index (χ4v) is 3.15. The molecule has 3 heteroatoms. The second-order valence-electron chi connectivity index (χ2n) is 6.50. The second-order valence-corrected chi connectivity index (χ2v) is 6.50. The van der Waals surface area contributed by atoms with Crippen molar-refractivity contribution >= 4 is 11.5 Å². The van der Waals surface area contributed by atoms with Crippen molar-refractivity contribution in [2.24, 2.45) is 5.16 Å². The Morgan fingerprint density at radius 2 is 1.86 bits per heavy atom. The number of benzene rings is 2. The fraction of sp³-hybridized carbons (Fsp3) is 0.263. The number of fused-ring (bicyclic) bond motifs is 1. The molecule has 0 heterocycles. The van der Waals surface area contributed by atoms with E-state index >= 15 is 0 Å². The van der Waals surface area contributed by atoms with Gasteiger partial charge in [-0.05, 0) is 41.2 Å². The molecule has 2 aromatic carbocycles. The molecule has 112 valence electrons. The van der Waals surface area contributed by atoms with Crippen molar-refractivity contribution in [1.82, 2.24) is 0 Å². The highest BCUT2D eigenvalue weighted by molar-refractivity contribution is 6.06. The summed E-state index contributed by atoms with van der Waals surface area (Å²) < 4.78 is 0. The molecule has 3 nitrogen and oxygen atoms in total. The molecule has 0 atom stereocenters. The normalized spacial score (nSPS) is 17.5. The number of oxime groups is 1. The lowest BCUT2D eigenvalue weighted by atomic mass is 9.85. The molecular formula is C19H19NO2. The minimum Gasteiger partial charge on any atom is -0.411 e. The molecule has 0 fully saturated rings. The molecule has 0 bridgehead atoms. The zero-order valence-corrected chi connectivity index (χ0v) is 13.1. The van der Waals surface area contributed by atoms with Crippen molar-refractivity contribution in [3.8, 4) is 11.1 Å². The van der Waals surface area contributed by atoms with Crippen LogP contribution in [0.1, 0.15) is 48.7 Å². The van der Waals surface area contributed by atoms with Crippen LogP contribution in [0.2, 0.25) is 0 Å². The number of rotatable bonds is 2. The fourth-order valence-electron chi connectivity index (χ4n) is 3.15. The van der Waals surface area contributed by atoms with Gasteiger partial charge in [-0.3, -0.25) is 4.79 Å². The third-order valence-electron chi connectivity index (χ3n) is 4.39. The standard InChI is InChI=1S/C19H19NO2/c1-12(21)13-5-4-6-14(9-13)15-7-8-16-17(10-15)19(2,3)11-18(16)20-22/h4-10,22H,11H2,1-3H3/b20-18+. The van der Waals surface area contributed by atoms with Crippen LogP contribution in [-0.4, -0.2) is 16.7 Å². The van der Waals surface area contributed by atoms with Crippen LogP contribution in [0.3, 0.4) is 0 Å². The molecule has 0 aliphatic heterocycles. The summed E-state index contributed by atoms with van der Waals surface area (Å²) in [5.74, 6) is 0.0676. The van der Waals surface area contributed by atoms with Crippen LogP contribution in [0.25, 0.3) is 11.1 Å². The summed E-state index contributed by atoms with van der Waals surface area (Å²) >= 11 is 0. The van der Waals surface area contributed by atoms with Crippen LogP contribution < -0.4 is 0 Å². The Morgan fingerprint density at radius 3 is 2.55 bits per heavy atom. The van der Waals surface area contributed by atoms with Gasteiger partial charge >= 0.3 is 0 Å². The monoisotopic (exact) mass is 293 g/mol. The quantitative estimate of drug-likeness (QED) is 0.506. The highest BCUT2D eigenvalue weighted by Gasteiger charge is 2.34. The molecule has 0 aromatic heterocycles. The van der Waals surface area contributed by atoms with E-state index in [2.05, 4.69) is 25.1 Å². The average Bonchev–Trinajstić information content (AvgIpc) is 2.78. The number of hydrogen-bond acceptors (Lipinski definition) is 3. The van der Waals surface area contributed by atoms with Gasteiger partial charge in [-0.1, -0.05) is 49.3 Å². The van der Waals surface area contributed by atoms with E-state index in [1.807, 2.05) is 36.4 Å². The van der Waals surface area contributed by atoms with Gasteiger partial charge in [0.1, 0.15) is 0 Å². The van der Waals surface area contributed by atoms with Gasteiger partial charge in [-0.25, -0.2) is 0 Å². The maximum atomic E-state index is 11.6. The minimum atomic E-state index is -0.0505. The summed E-state index contributed by atoms with van der Waals surface area (Å²) in [5, 5.41) is 12.6. The summed E-state index contributed by atoms with van der Waals surface area (Å²) in [6.07, 6.45) is 0.732. The number of carbonyl (C=O) groups is 1. The maximum Gasteiger partial charge on any atom is 0.159 e. The van der Waals surface area contributed by atoms with E-state index in [-0.39, 0.29) is 11.2 Å². The second kappa shape index (κ2) is 5.09. The number of ketones is 1. The Morgan fingerprint density at radius 1 is 1.14 bits per heavy atom. The van der Waals surface area contributed by atoms with Gasteiger partial charge in [0.05, 0.1) is 5.71 Å². The highest BCUT2D eigenvalue weighted by atomic mass is 16.4. The first kappa shape index (κ1) is 14.5. The van der Waals surface area contributed by atoms with E-state index in [9.17, 15) is 10.0 Å². The van der Waals surface area contributed by atoms with Gasteiger partial charge in [0, 0.05) is 17.5 Å². The number of carbonyl (C=O) groups excluding carboxylic acids is 1. The number of nitrogens with zero attached hydrogens (tertiary/aromatic N) is 1. The van der Waals surface area contributed by atoms with E-state index < -0.39 is 0 Å². The molecule has 0 spiro atoms. The molecule has 1 aliphatic carbocycles. The van der Waals surface area contributed by atoms with Crippen LogP contribution in [0.4, 0.5) is 0 Å². The first-order chi connectivity index (χ1) is 10.4. The lowest BCUT2D eigenvalue weighted by Gasteiger charge is -2.19. The molecule has 0 amide bonds. The molecule has 0 saturated heterocycles. The van der Waals surface area contributed by atoms with Crippen molar-refractivity contribution in [1.29, 1.82) is 0 Å². The zero-order valence-electron chi connectivity index (χ0n) is 13.1. The van der Waals surface area contributed by atoms with Crippen molar-refractivity contribution in [2.45, 2.75) is 32.6 Å². The van der Waals surface area contributed by atoms with Crippen LogP contribution in [0.5, 0.6) is 0 Å². The molecule has 0 radical (unpaired) electrons. The Kier molecular flexibility index (Phi) is 3.36. The summed E-state index contributed by atoms with van der Waals surface area (Å²) in [5.41, 5.74) is 5.71. The topological polar surface area (TPSA) is 49.7 Å². The Hall–Kier alpha value is -2.42. The van der Waals surface area contributed by atoms with Gasteiger partial charge in [0.2, 0.25) is 0 Å². The van der Waals surface area contributed by atoms with Crippen LogP contribution in [0, 0.1) is 0 Å². The third kappa shape index (κ3) is 2.33. The molecule has 0 saturated carbocycles. The van der Waals surface area contributed by atoms with E-state index in [1.54, 1.807) is 6.92 Å². The minimum absolute atomic E-state index is 0.0505. The van der Waals surface area contributed by atoms with Crippen LogP contribution >= 0.6 is 0 Å². The summed E-state index contributed by atoms with van der Waals surface area (Å²) in [6.45, 7) is 5.88. The van der Waals surface area contributed by atoms with Crippen LogP contribution in [0.15, 0.2) is 47.6 Å². The van der Waals surface area contributed by atoms with Gasteiger partial charge in [0.15, 0.2) is 5.78 Å². The largest absolute Gasteiger partial charge is 0.411 e. The zero-order chi connectivity index (χ0) is 15.9. The molecular weight excluding hydrogens is 274 g/mol. The first-order valence-corrected chi connectivity index (χ1v) is 7.39. The third-order valence-corrected chi connectivity index (χ3v) is 4.39. The predicted octanol–water partition coefficient (Wildman–Crippen LogP) is 4.42. The Labute approximate surface area is 130 Å². The highest BCUT2D eigenvalue weighted by Crippen LogP contribution is 2.40. The van der Waals surface area contributed by atoms with Crippen molar-refractivity contribution < 1.29 is 10.0 Å². The number of Topliss-reactive ketones (excluding diaryl/α,β-unsaturated/α-hetero) is 1. The van der Waals surface area contributed by atoms with E-state index in [0.717, 1.165) is 34.4 Å². The summed E-state index contributed by atoms with van der Waals surface area (Å²) in [7, 11) is 0. The van der Waals surface area contributed by atoms with Crippen LogP contribution in [-0.2, 0) is 5.41 Å². The van der Waals surface area contributed by atoms with Crippen molar-refractivity contribution in [3.63, 3.8) is 0 Å². The molecule has 1 N–H and O–H groups in total. The lowest BCUT2D eigenvalue weighted by molar-refractivity contribution is 0.101. The molecule has 1 aliphatic rings. The lowest BCUT2D eigenvalue weighted by Crippen LogP contribution is -2.12. The molecule has 0 unspecified atom stereocenters. The molecule has 22 heavy (non-hydrogen) atoms. The SMILES string of the molecule is CC(=O)c1cccc(-c2ccc3c(c2)C(C)(C)C/C3=N\O)c1. The summed E-state index contributed by atoms with van der Waals surface area (Å²) in [4.78, 5) is 11.6. The first-order valence-electron chi connectivity index (χ1n) is 7.39. The summed E-state index contributed by atoms with van der Waals surface area (Å²) in [6, 6.07) is 13.8. The van der Waals surface area contributed by atoms with E-state index in [4.69, 9.17) is 0 Å². The van der Waals surface area contributed by atoms with E-state index in [0.29, 0.717) is 0 Å². The molecule has 3 rings (SSSR count). The Bertz CT molecular complexity index is 788. The predicted molar refractivity (Wildman–Crippen MR) is 87.8 cm³/mol. The van der Waals surface area contributed by atoms with E-state index in [1.165, 1.54) is 5.56 Å². The van der Waals surface area contributed by atoms with Crippen molar-refractivity contribution in [3.05, 3.63) is 59.2 Å². The van der Waals surface area contributed by atoms with Gasteiger partial charge in [-0.2, -0.15) is 0 Å². The van der Waals surface area contributed by atoms with Gasteiger partial charge in [-0.15, -0.1) is 0 Å².